The molecule has 0 aliphatic heterocycles. The fraction of sp³-hybridized carbons (Fsp3) is 0.438. The molecule has 1 aromatic heterocycles. The number of rotatable bonds is 7. The molecule has 0 saturated heterocycles. The van der Waals surface area contributed by atoms with Crippen LogP contribution in [0, 0.1) is 5.41 Å². The van der Waals surface area contributed by atoms with Crippen LogP contribution in [0.15, 0.2) is 24.3 Å². The predicted molar refractivity (Wildman–Crippen MR) is 83.5 cm³/mol. The Morgan fingerprint density at radius 1 is 1.27 bits per heavy atom. The smallest absolute Gasteiger partial charge is 0.311 e. The van der Waals surface area contributed by atoms with Gasteiger partial charge in [-0.2, -0.15) is 5.10 Å². The molecular formula is C16H21N3O3. The van der Waals surface area contributed by atoms with Crippen LogP contribution in [0.1, 0.15) is 32.4 Å². The van der Waals surface area contributed by atoms with Crippen molar-refractivity contribution in [3.8, 4) is 0 Å². The van der Waals surface area contributed by atoms with Crippen molar-refractivity contribution in [1.82, 2.24) is 15.5 Å². The van der Waals surface area contributed by atoms with Crippen LogP contribution in [0.25, 0.3) is 10.9 Å². The zero-order valence-corrected chi connectivity index (χ0v) is 12.8. The number of nitrogens with one attached hydrogen (secondary N) is 2. The van der Waals surface area contributed by atoms with E-state index in [-0.39, 0.29) is 18.9 Å². The van der Waals surface area contributed by atoms with Crippen molar-refractivity contribution in [2.75, 3.05) is 6.54 Å². The van der Waals surface area contributed by atoms with Gasteiger partial charge in [0, 0.05) is 11.9 Å². The Kier molecular flexibility index (Phi) is 4.80. The topological polar surface area (TPSA) is 95.1 Å². The Bertz CT molecular complexity index is 674. The van der Waals surface area contributed by atoms with Gasteiger partial charge in [0.1, 0.15) is 0 Å². The number of hydrogen-bond acceptors (Lipinski definition) is 3. The number of hydrogen-bond donors (Lipinski definition) is 3. The van der Waals surface area contributed by atoms with Crippen molar-refractivity contribution >= 4 is 22.8 Å². The highest BCUT2D eigenvalue weighted by atomic mass is 16.4. The van der Waals surface area contributed by atoms with Crippen molar-refractivity contribution in [3.05, 3.63) is 30.0 Å². The summed E-state index contributed by atoms with van der Waals surface area (Å²) in [5.74, 6) is -1.08. The molecule has 0 spiro atoms. The maximum atomic E-state index is 12.1. The van der Waals surface area contributed by atoms with Crippen molar-refractivity contribution in [1.29, 1.82) is 0 Å². The number of benzene rings is 1. The second-order valence-corrected chi connectivity index (χ2v) is 5.47. The first-order chi connectivity index (χ1) is 10.5. The van der Waals surface area contributed by atoms with Crippen LogP contribution in [0.5, 0.6) is 0 Å². The summed E-state index contributed by atoms with van der Waals surface area (Å²) in [4.78, 5) is 23.5. The Labute approximate surface area is 128 Å². The minimum atomic E-state index is -0.897. The first-order valence-electron chi connectivity index (χ1n) is 7.44. The third-order valence-electron chi connectivity index (χ3n) is 4.31. The van der Waals surface area contributed by atoms with Gasteiger partial charge < -0.3 is 10.4 Å². The van der Waals surface area contributed by atoms with E-state index in [1.165, 1.54) is 0 Å². The van der Waals surface area contributed by atoms with Gasteiger partial charge >= 0.3 is 5.97 Å². The van der Waals surface area contributed by atoms with E-state index < -0.39 is 11.4 Å². The Hall–Kier alpha value is -2.37. The number of aromatic nitrogens is 2. The van der Waals surface area contributed by atoms with Crippen LogP contribution in [-0.4, -0.2) is 33.7 Å². The van der Waals surface area contributed by atoms with E-state index in [1.807, 2.05) is 38.1 Å². The van der Waals surface area contributed by atoms with Crippen molar-refractivity contribution in [2.24, 2.45) is 5.41 Å². The van der Waals surface area contributed by atoms with Crippen molar-refractivity contribution in [2.45, 2.75) is 33.1 Å². The number of aromatic amines is 1. The van der Waals surface area contributed by atoms with Crippen LogP contribution >= 0.6 is 0 Å². The molecular weight excluding hydrogens is 282 g/mol. The molecule has 0 saturated carbocycles. The largest absolute Gasteiger partial charge is 0.481 e. The first-order valence-corrected chi connectivity index (χ1v) is 7.44. The van der Waals surface area contributed by atoms with E-state index in [2.05, 4.69) is 15.5 Å². The number of aliphatic carboxylic acids is 1. The summed E-state index contributed by atoms with van der Waals surface area (Å²) < 4.78 is 0. The molecule has 3 N–H and O–H groups in total. The van der Waals surface area contributed by atoms with Gasteiger partial charge in [0.05, 0.1) is 23.0 Å². The molecule has 118 valence electrons. The first kappa shape index (κ1) is 16.0. The van der Waals surface area contributed by atoms with Crippen LogP contribution in [0.2, 0.25) is 0 Å². The molecule has 1 amide bonds. The van der Waals surface area contributed by atoms with Gasteiger partial charge in [-0.3, -0.25) is 14.7 Å². The predicted octanol–water partition coefficient (Wildman–Crippen LogP) is 2.11. The Balaban J connectivity index is 2.03. The molecule has 0 aliphatic rings. The lowest BCUT2D eigenvalue weighted by molar-refractivity contribution is -0.149. The molecule has 0 aliphatic carbocycles. The van der Waals surface area contributed by atoms with Gasteiger partial charge in [0.2, 0.25) is 5.91 Å². The van der Waals surface area contributed by atoms with E-state index in [0.29, 0.717) is 12.8 Å². The maximum absolute atomic E-state index is 12.1. The van der Waals surface area contributed by atoms with Gasteiger partial charge in [0.15, 0.2) is 0 Å². The SMILES string of the molecule is CCC(CC)(CNC(=O)Cc1[nH]nc2ccccc12)C(=O)O. The number of nitrogens with zero attached hydrogens (tertiary/aromatic N) is 1. The fourth-order valence-corrected chi connectivity index (χ4v) is 2.52. The summed E-state index contributed by atoms with van der Waals surface area (Å²) >= 11 is 0. The average molecular weight is 303 g/mol. The van der Waals surface area contributed by atoms with Gasteiger partial charge in [0.25, 0.3) is 0 Å². The van der Waals surface area contributed by atoms with E-state index in [4.69, 9.17) is 0 Å². The summed E-state index contributed by atoms with van der Waals surface area (Å²) in [7, 11) is 0. The quantitative estimate of drug-likeness (QED) is 0.730. The molecule has 1 aromatic carbocycles. The highest BCUT2D eigenvalue weighted by molar-refractivity contribution is 5.87. The van der Waals surface area contributed by atoms with E-state index in [1.54, 1.807) is 0 Å². The molecule has 1 heterocycles. The van der Waals surface area contributed by atoms with Crippen molar-refractivity contribution < 1.29 is 14.7 Å². The maximum Gasteiger partial charge on any atom is 0.311 e. The lowest BCUT2D eigenvalue weighted by Crippen LogP contribution is -2.42. The third-order valence-corrected chi connectivity index (χ3v) is 4.31. The summed E-state index contributed by atoms with van der Waals surface area (Å²) in [6.45, 7) is 3.79. The zero-order chi connectivity index (χ0) is 16.2. The average Bonchev–Trinajstić information content (AvgIpc) is 2.92. The normalized spacial score (nSPS) is 11.5. The van der Waals surface area contributed by atoms with Crippen LogP contribution in [0.4, 0.5) is 0 Å². The number of fused-ring (bicyclic) bond motifs is 1. The lowest BCUT2D eigenvalue weighted by Gasteiger charge is -2.26. The van der Waals surface area contributed by atoms with Crippen LogP contribution < -0.4 is 5.32 Å². The van der Waals surface area contributed by atoms with Crippen LogP contribution in [-0.2, 0) is 16.0 Å². The lowest BCUT2D eigenvalue weighted by atomic mass is 9.82. The number of amides is 1. The Morgan fingerprint density at radius 3 is 2.59 bits per heavy atom. The molecule has 0 unspecified atom stereocenters. The van der Waals surface area contributed by atoms with Gasteiger partial charge in [-0.1, -0.05) is 32.0 Å². The highest BCUT2D eigenvalue weighted by Gasteiger charge is 2.35. The molecule has 6 nitrogen and oxygen atoms in total. The molecule has 22 heavy (non-hydrogen) atoms. The third kappa shape index (κ3) is 3.10. The number of carbonyl (C=O) groups is 2. The second kappa shape index (κ2) is 6.60. The summed E-state index contributed by atoms with van der Waals surface area (Å²) in [5.41, 5.74) is 0.653. The summed E-state index contributed by atoms with van der Waals surface area (Å²) in [6.07, 6.45) is 1.11. The number of carbonyl (C=O) groups excluding carboxylic acids is 1. The standard InChI is InChI=1S/C16H21N3O3/c1-3-16(4-2,15(21)22)10-17-14(20)9-13-11-7-5-6-8-12(11)18-19-13/h5-8H,3-4,9-10H2,1-2H3,(H,17,20)(H,18,19)(H,21,22). The van der Waals surface area contributed by atoms with Gasteiger partial charge in [-0.15, -0.1) is 0 Å². The number of H-pyrrole nitrogens is 1. The van der Waals surface area contributed by atoms with E-state index in [0.717, 1.165) is 16.6 Å². The van der Waals surface area contributed by atoms with Crippen molar-refractivity contribution in [3.63, 3.8) is 0 Å². The van der Waals surface area contributed by atoms with Gasteiger partial charge in [-0.05, 0) is 18.9 Å². The second-order valence-electron chi connectivity index (χ2n) is 5.47. The minimum Gasteiger partial charge on any atom is -0.481 e. The summed E-state index contributed by atoms with van der Waals surface area (Å²) in [6, 6.07) is 7.55. The number of carboxylic acids is 1. The molecule has 0 fully saturated rings. The molecule has 0 atom stereocenters. The van der Waals surface area contributed by atoms with E-state index >= 15 is 0 Å². The van der Waals surface area contributed by atoms with Gasteiger partial charge in [-0.25, -0.2) is 0 Å². The molecule has 2 rings (SSSR count). The molecule has 0 bridgehead atoms. The van der Waals surface area contributed by atoms with E-state index in [9.17, 15) is 14.7 Å². The zero-order valence-electron chi connectivity index (χ0n) is 12.8. The minimum absolute atomic E-state index is 0.139. The molecule has 6 heteroatoms. The summed E-state index contributed by atoms with van der Waals surface area (Å²) in [5, 5.41) is 20.0. The highest BCUT2D eigenvalue weighted by Crippen LogP contribution is 2.25. The molecule has 2 aromatic rings. The monoisotopic (exact) mass is 303 g/mol. The molecule has 0 radical (unpaired) electrons. The van der Waals surface area contributed by atoms with Crippen LogP contribution in [0.3, 0.4) is 0 Å². The number of para-hydroxylation sites is 1. The fourth-order valence-electron chi connectivity index (χ4n) is 2.52. The number of carboxylic acid groups (broad SMARTS) is 1. The Morgan fingerprint density at radius 2 is 1.95 bits per heavy atom.